The minimum atomic E-state index is -1.58. The van der Waals surface area contributed by atoms with Crippen LogP contribution in [0.25, 0.3) is 0 Å². The van der Waals surface area contributed by atoms with Crippen molar-refractivity contribution in [2.45, 2.75) is 24.4 Å². The van der Waals surface area contributed by atoms with Gasteiger partial charge in [0.2, 0.25) is 0 Å². The number of carboxylic acid groups (broad SMARTS) is 1. The lowest BCUT2D eigenvalue weighted by atomic mass is 10.0. The summed E-state index contributed by atoms with van der Waals surface area (Å²) in [6.07, 6.45) is -5.72. The normalized spacial score (nSPS) is 39.3. The highest BCUT2D eigenvalue weighted by atomic mass is 16.5. The number of carboxylic acids is 1. The fourth-order valence-corrected chi connectivity index (χ4v) is 1.02. The average molecular weight is 196 g/mol. The van der Waals surface area contributed by atoms with Gasteiger partial charge in [-0.2, -0.15) is 0 Å². The van der Waals surface area contributed by atoms with Crippen LogP contribution in [0.5, 0.6) is 0 Å². The highest BCUT2D eigenvalue weighted by Gasteiger charge is 2.41. The molecule has 13 heavy (non-hydrogen) atoms. The van der Waals surface area contributed by atoms with Gasteiger partial charge in [0.15, 0.2) is 6.10 Å². The summed E-state index contributed by atoms with van der Waals surface area (Å²) in [4.78, 5) is 10.3. The Bertz CT molecular complexity index is 182. The molecule has 4 atom stereocenters. The van der Waals surface area contributed by atoms with Gasteiger partial charge in [-0.15, -0.1) is 0 Å². The van der Waals surface area contributed by atoms with E-state index in [0.29, 0.717) is 0 Å². The van der Waals surface area contributed by atoms with Crippen molar-refractivity contribution >= 4 is 5.97 Å². The highest BCUT2D eigenvalue weighted by Crippen LogP contribution is 2.15. The van der Waals surface area contributed by atoms with Gasteiger partial charge in [0, 0.05) is 0 Å². The molecule has 0 amide bonds. The first kappa shape index (κ1) is 12.3. The Balaban J connectivity index is 0.00000144. The van der Waals surface area contributed by atoms with Gasteiger partial charge in [0.05, 0.1) is 6.61 Å². The number of ether oxygens (including phenoxy) is 1. The maximum Gasteiger partial charge on any atom is 0.335 e. The zero-order valence-electron chi connectivity index (χ0n) is 6.62. The molecule has 0 bridgehead atoms. The molecule has 0 spiro atoms. The van der Waals surface area contributed by atoms with Crippen LogP contribution in [0.15, 0.2) is 0 Å². The minimum Gasteiger partial charge on any atom is -0.479 e. The second-order valence-electron chi connectivity index (χ2n) is 2.64. The molecule has 1 fully saturated rings. The number of aliphatic hydroxyl groups excluding tert-OH is 3. The summed E-state index contributed by atoms with van der Waals surface area (Å²) < 4.78 is 4.57. The van der Waals surface area contributed by atoms with Crippen molar-refractivity contribution in [1.29, 1.82) is 0 Å². The molecule has 0 aromatic rings. The number of hydrogen-bond donors (Lipinski definition) is 4. The molecule has 1 aliphatic heterocycles. The number of carbonyl (C=O) groups is 1. The van der Waals surface area contributed by atoms with E-state index in [9.17, 15) is 4.79 Å². The first-order chi connectivity index (χ1) is 5.54. The molecule has 4 unspecified atom stereocenters. The van der Waals surface area contributed by atoms with E-state index in [0.717, 1.165) is 0 Å². The van der Waals surface area contributed by atoms with Crippen molar-refractivity contribution in [3.05, 3.63) is 0 Å². The maximum absolute atomic E-state index is 10.3. The largest absolute Gasteiger partial charge is 0.479 e. The fraction of sp³-hybridized carbons (Fsp3) is 0.833. The fourth-order valence-electron chi connectivity index (χ4n) is 1.02. The predicted octanol–water partition coefficient (Wildman–Crippen LogP) is -3.27. The zero-order valence-corrected chi connectivity index (χ0v) is 6.62. The predicted molar refractivity (Wildman–Crippen MR) is 39.0 cm³/mol. The van der Waals surface area contributed by atoms with E-state index < -0.39 is 30.4 Å². The molecular weight excluding hydrogens is 184 g/mol. The molecule has 0 aliphatic carbocycles. The van der Waals surface area contributed by atoms with Gasteiger partial charge in [-0.1, -0.05) is 0 Å². The molecule has 0 saturated carbocycles. The monoisotopic (exact) mass is 196 g/mol. The third-order valence-electron chi connectivity index (χ3n) is 1.74. The number of hydrogen-bond acceptors (Lipinski definition) is 5. The van der Waals surface area contributed by atoms with Crippen molar-refractivity contribution in [3.8, 4) is 0 Å². The van der Waals surface area contributed by atoms with Gasteiger partial charge >= 0.3 is 5.97 Å². The number of aliphatic hydroxyl groups is 3. The second-order valence-corrected chi connectivity index (χ2v) is 2.64. The molecular formula is C6H12O7. The van der Waals surface area contributed by atoms with Crippen LogP contribution in [0.3, 0.4) is 0 Å². The average Bonchev–Trinajstić information content (AvgIpc) is 2.00. The third-order valence-corrected chi connectivity index (χ3v) is 1.74. The van der Waals surface area contributed by atoms with Crippen LogP contribution in [0.2, 0.25) is 0 Å². The van der Waals surface area contributed by atoms with Crippen molar-refractivity contribution in [2.24, 2.45) is 0 Å². The third kappa shape index (κ3) is 2.36. The molecule has 1 aliphatic rings. The van der Waals surface area contributed by atoms with Crippen LogP contribution in [0.1, 0.15) is 0 Å². The highest BCUT2D eigenvalue weighted by molar-refractivity contribution is 5.73. The van der Waals surface area contributed by atoms with E-state index in [-0.39, 0.29) is 12.1 Å². The Morgan fingerprint density at radius 3 is 2.23 bits per heavy atom. The Hall–Kier alpha value is -0.730. The van der Waals surface area contributed by atoms with E-state index in [2.05, 4.69) is 4.74 Å². The number of rotatable bonds is 1. The van der Waals surface area contributed by atoms with Gasteiger partial charge in [0.25, 0.3) is 0 Å². The Morgan fingerprint density at radius 1 is 1.23 bits per heavy atom. The van der Waals surface area contributed by atoms with Crippen molar-refractivity contribution < 1.29 is 35.4 Å². The smallest absolute Gasteiger partial charge is 0.335 e. The molecule has 0 aromatic heterocycles. The molecule has 7 nitrogen and oxygen atoms in total. The van der Waals surface area contributed by atoms with E-state index in [1.54, 1.807) is 0 Å². The molecule has 7 heteroatoms. The maximum atomic E-state index is 10.3. The van der Waals surface area contributed by atoms with Crippen LogP contribution in [-0.2, 0) is 9.53 Å². The Kier molecular flexibility index (Phi) is 4.24. The van der Waals surface area contributed by atoms with Crippen LogP contribution in [0, 0.1) is 0 Å². The molecule has 1 heterocycles. The lowest BCUT2D eigenvalue weighted by molar-refractivity contribution is -0.201. The topological polar surface area (TPSA) is 139 Å². The van der Waals surface area contributed by atoms with Crippen molar-refractivity contribution in [1.82, 2.24) is 0 Å². The minimum absolute atomic E-state index is 0. The van der Waals surface area contributed by atoms with Gasteiger partial charge in [-0.3, -0.25) is 0 Å². The zero-order chi connectivity index (χ0) is 9.30. The summed E-state index contributed by atoms with van der Waals surface area (Å²) in [5, 5.41) is 35.4. The lowest BCUT2D eigenvalue weighted by Crippen LogP contribution is -2.55. The molecule has 0 radical (unpaired) electrons. The van der Waals surface area contributed by atoms with E-state index >= 15 is 0 Å². The quantitative estimate of drug-likeness (QED) is 0.347. The Labute approximate surface area is 73.5 Å². The first-order valence-electron chi connectivity index (χ1n) is 3.42. The summed E-state index contributed by atoms with van der Waals surface area (Å²) in [6, 6.07) is 0. The summed E-state index contributed by atoms with van der Waals surface area (Å²) >= 11 is 0. The Morgan fingerprint density at radius 2 is 1.77 bits per heavy atom. The van der Waals surface area contributed by atoms with E-state index in [1.807, 2.05) is 0 Å². The van der Waals surface area contributed by atoms with Crippen LogP contribution < -0.4 is 0 Å². The number of aliphatic carboxylic acids is 1. The first-order valence-corrected chi connectivity index (χ1v) is 3.42. The standard InChI is InChI=1S/C6H10O6.H2O/c7-2-1-12-5(6(10)11)4(9)3(2)8;/h2-5,7-9H,1H2,(H,10,11);1H2. The summed E-state index contributed by atoms with van der Waals surface area (Å²) in [5.74, 6) is -1.35. The summed E-state index contributed by atoms with van der Waals surface area (Å²) in [6.45, 7) is -0.283. The van der Waals surface area contributed by atoms with Crippen molar-refractivity contribution in [3.63, 3.8) is 0 Å². The van der Waals surface area contributed by atoms with Gasteiger partial charge in [-0.25, -0.2) is 4.79 Å². The lowest BCUT2D eigenvalue weighted by Gasteiger charge is -2.32. The summed E-state index contributed by atoms with van der Waals surface area (Å²) in [7, 11) is 0. The molecule has 1 saturated heterocycles. The molecule has 6 N–H and O–H groups in total. The van der Waals surface area contributed by atoms with Gasteiger partial charge in [0.1, 0.15) is 18.3 Å². The summed E-state index contributed by atoms with van der Waals surface area (Å²) in [5.41, 5.74) is 0. The van der Waals surface area contributed by atoms with Crippen molar-refractivity contribution in [2.75, 3.05) is 6.61 Å². The van der Waals surface area contributed by atoms with Crippen LogP contribution in [0.4, 0.5) is 0 Å². The van der Waals surface area contributed by atoms with Gasteiger partial charge < -0.3 is 30.6 Å². The van der Waals surface area contributed by atoms with Crippen LogP contribution in [-0.4, -0.2) is 62.9 Å². The SMILES string of the molecule is O.O=C(O)C1OCC(O)C(O)C1O. The van der Waals surface area contributed by atoms with E-state index in [4.69, 9.17) is 20.4 Å². The van der Waals surface area contributed by atoms with Crippen LogP contribution >= 0.6 is 0 Å². The van der Waals surface area contributed by atoms with Gasteiger partial charge in [-0.05, 0) is 0 Å². The molecule has 1 rings (SSSR count). The van der Waals surface area contributed by atoms with E-state index in [1.165, 1.54) is 0 Å². The molecule has 0 aromatic carbocycles. The molecule has 78 valence electrons. The second kappa shape index (κ2) is 4.49.